The van der Waals surface area contributed by atoms with Crippen LogP contribution in [-0.2, 0) is 6.54 Å². The second kappa shape index (κ2) is 10.4. The van der Waals surface area contributed by atoms with Crippen LogP contribution < -0.4 is 10.1 Å². The van der Waals surface area contributed by atoms with E-state index in [9.17, 15) is 9.90 Å². The van der Waals surface area contributed by atoms with Gasteiger partial charge in [-0.1, -0.05) is 11.8 Å². The summed E-state index contributed by atoms with van der Waals surface area (Å²) in [4.78, 5) is 19.3. The summed E-state index contributed by atoms with van der Waals surface area (Å²) >= 11 is 1.23. The minimum atomic E-state index is -0.915. The molecule has 6 nitrogen and oxygen atoms in total. The molecule has 0 bridgehead atoms. The zero-order valence-corrected chi connectivity index (χ0v) is 20.4. The number of nitrogens with one attached hydrogen (secondary N) is 1. The third kappa shape index (κ3) is 7.25. The van der Waals surface area contributed by atoms with E-state index in [1.807, 2.05) is 53.1 Å². The molecule has 172 valence electrons. The summed E-state index contributed by atoms with van der Waals surface area (Å²) in [5.74, 6) is 6.06. The molecule has 0 saturated heterocycles. The van der Waals surface area contributed by atoms with Gasteiger partial charge in [-0.3, -0.25) is 0 Å². The summed E-state index contributed by atoms with van der Waals surface area (Å²) in [6.07, 6.45) is 5.57. The summed E-state index contributed by atoms with van der Waals surface area (Å²) in [5, 5.41) is 13.1. The second-order valence-corrected chi connectivity index (χ2v) is 10.7. The van der Waals surface area contributed by atoms with Crippen LogP contribution >= 0.6 is 11.3 Å². The van der Waals surface area contributed by atoms with Crippen LogP contribution in [0.1, 0.15) is 66.6 Å². The van der Waals surface area contributed by atoms with Gasteiger partial charge in [-0.15, -0.1) is 11.3 Å². The number of hydrogen-bond acceptors (Lipinski definition) is 6. The van der Waals surface area contributed by atoms with Crippen LogP contribution in [-0.4, -0.2) is 47.2 Å². The maximum absolute atomic E-state index is 11.7. The van der Waals surface area contributed by atoms with Crippen molar-refractivity contribution in [3.05, 3.63) is 39.7 Å². The Morgan fingerprint density at radius 1 is 1.28 bits per heavy atom. The predicted molar refractivity (Wildman–Crippen MR) is 130 cm³/mol. The highest BCUT2D eigenvalue weighted by Crippen LogP contribution is 2.31. The summed E-state index contributed by atoms with van der Waals surface area (Å²) in [5.41, 5.74) is 1.72. The summed E-state index contributed by atoms with van der Waals surface area (Å²) < 4.78 is 6.14. The first-order valence-corrected chi connectivity index (χ1v) is 11.8. The molecule has 32 heavy (non-hydrogen) atoms. The molecule has 1 fully saturated rings. The van der Waals surface area contributed by atoms with Crippen molar-refractivity contribution >= 4 is 23.0 Å². The standard InChI is InChI=1S/C25H33N3O3S/c1-25(2,3)12-10-20-15-21(23(32-20)24(29)30)27-18-6-8-19(9-7-18)31-22-14-17(11-13-26-22)16-28(4)5/h11,13-15,18-19,27H,6-9,16H2,1-5H3,(H,29,30)/t18-,19+. The number of anilines is 1. The quantitative estimate of drug-likeness (QED) is 0.566. The van der Waals surface area contributed by atoms with Gasteiger partial charge in [0, 0.05) is 30.3 Å². The third-order valence-electron chi connectivity index (χ3n) is 5.11. The van der Waals surface area contributed by atoms with Crippen LogP contribution in [0.3, 0.4) is 0 Å². The van der Waals surface area contributed by atoms with Crippen LogP contribution in [0.4, 0.5) is 5.69 Å². The molecule has 2 aromatic heterocycles. The normalized spacial score (nSPS) is 18.7. The highest BCUT2D eigenvalue weighted by Gasteiger charge is 2.25. The fraction of sp³-hybridized carbons (Fsp3) is 0.520. The van der Waals surface area contributed by atoms with Crippen LogP contribution in [0, 0.1) is 17.3 Å². The van der Waals surface area contributed by atoms with E-state index >= 15 is 0 Å². The number of ether oxygens (including phenoxy) is 1. The molecule has 2 N–H and O–H groups in total. The first-order chi connectivity index (χ1) is 15.1. The van der Waals surface area contributed by atoms with E-state index in [0.29, 0.717) is 16.4 Å². The third-order valence-corrected chi connectivity index (χ3v) is 6.14. The molecule has 2 aromatic rings. The van der Waals surface area contributed by atoms with Crippen LogP contribution in [0.5, 0.6) is 5.88 Å². The Bertz CT molecular complexity index is 990. The number of thiophene rings is 1. The molecule has 0 atom stereocenters. The van der Waals surface area contributed by atoms with E-state index in [0.717, 1.165) is 37.1 Å². The topological polar surface area (TPSA) is 74.7 Å². The van der Waals surface area contributed by atoms with Crippen molar-refractivity contribution in [1.29, 1.82) is 0 Å². The van der Waals surface area contributed by atoms with Gasteiger partial charge in [-0.05, 0) is 78.2 Å². The first kappa shape index (κ1) is 24.1. The SMILES string of the molecule is CN(C)Cc1ccnc(O[C@H]2CC[C@@H](Nc3cc(C#CC(C)(C)C)sc3C(=O)O)CC2)c1. The Morgan fingerprint density at radius 2 is 2.00 bits per heavy atom. The highest BCUT2D eigenvalue weighted by atomic mass is 32.1. The maximum atomic E-state index is 11.7. The number of carboxylic acids is 1. The zero-order valence-electron chi connectivity index (χ0n) is 19.6. The van der Waals surface area contributed by atoms with E-state index in [4.69, 9.17) is 4.74 Å². The molecule has 1 aliphatic carbocycles. The van der Waals surface area contributed by atoms with Crippen molar-refractivity contribution < 1.29 is 14.6 Å². The van der Waals surface area contributed by atoms with Crippen molar-refractivity contribution in [3.63, 3.8) is 0 Å². The minimum Gasteiger partial charge on any atom is -0.477 e. The van der Waals surface area contributed by atoms with Gasteiger partial charge in [0.05, 0.1) is 10.6 Å². The molecule has 0 aromatic carbocycles. The average molecular weight is 456 g/mol. The molecule has 3 rings (SSSR count). The van der Waals surface area contributed by atoms with Gasteiger partial charge in [0.2, 0.25) is 5.88 Å². The lowest BCUT2D eigenvalue weighted by Gasteiger charge is -2.29. The summed E-state index contributed by atoms with van der Waals surface area (Å²) in [6, 6.07) is 6.11. The van der Waals surface area contributed by atoms with Gasteiger partial charge in [0.15, 0.2) is 0 Å². The molecule has 0 spiro atoms. The smallest absolute Gasteiger partial charge is 0.348 e. The van der Waals surface area contributed by atoms with Gasteiger partial charge >= 0.3 is 5.97 Å². The molecule has 0 radical (unpaired) electrons. The lowest BCUT2D eigenvalue weighted by Crippen LogP contribution is -2.31. The summed E-state index contributed by atoms with van der Waals surface area (Å²) in [6.45, 7) is 6.97. The molecule has 0 unspecified atom stereocenters. The summed E-state index contributed by atoms with van der Waals surface area (Å²) in [7, 11) is 4.08. The lowest BCUT2D eigenvalue weighted by molar-refractivity contribution is 0.0703. The fourth-order valence-electron chi connectivity index (χ4n) is 3.66. The van der Waals surface area contributed by atoms with Gasteiger partial charge in [-0.25, -0.2) is 9.78 Å². The molecule has 1 aliphatic rings. The Kier molecular flexibility index (Phi) is 7.81. The average Bonchev–Trinajstić information content (AvgIpc) is 3.10. The number of hydrogen-bond donors (Lipinski definition) is 2. The van der Waals surface area contributed by atoms with Gasteiger partial charge in [0.1, 0.15) is 11.0 Å². The molecule has 0 amide bonds. The number of aromatic carboxylic acids is 1. The van der Waals surface area contributed by atoms with Crippen LogP contribution in [0.2, 0.25) is 0 Å². The molecule has 2 heterocycles. The van der Waals surface area contributed by atoms with Crippen LogP contribution in [0.15, 0.2) is 24.4 Å². The monoisotopic (exact) mass is 455 g/mol. The predicted octanol–water partition coefficient (Wildman–Crippen LogP) is 5.10. The molecular formula is C25H33N3O3S. The Hall–Kier alpha value is -2.56. The van der Waals surface area contributed by atoms with E-state index in [2.05, 4.69) is 27.0 Å². The maximum Gasteiger partial charge on any atom is 0.348 e. The molecular weight excluding hydrogens is 422 g/mol. The first-order valence-electron chi connectivity index (χ1n) is 11.0. The largest absolute Gasteiger partial charge is 0.477 e. The van der Waals surface area contributed by atoms with Gasteiger partial charge < -0.3 is 20.1 Å². The Balaban J connectivity index is 1.58. The second-order valence-electron chi connectivity index (χ2n) is 9.63. The number of carbonyl (C=O) groups is 1. The van der Waals surface area contributed by atoms with Crippen molar-refractivity contribution in [2.24, 2.45) is 5.41 Å². The van der Waals surface area contributed by atoms with E-state index in [-0.39, 0.29) is 17.6 Å². The zero-order chi connectivity index (χ0) is 23.3. The van der Waals surface area contributed by atoms with Crippen molar-refractivity contribution in [1.82, 2.24) is 9.88 Å². The number of pyridine rings is 1. The van der Waals surface area contributed by atoms with Gasteiger partial charge in [-0.2, -0.15) is 0 Å². The molecule has 1 saturated carbocycles. The van der Waals surface area contributed by atoms with Crippen molar-refractivity contribution in [2.45, 2.75) is 65.1 Å². The van der Waals surface area contributed by atoms with E-state index in [1.54, 1.807) is 6.20 Å². The van der Waals surface area contributed by atoms with Crippen LogP contribution in [0.25, 0.3) is 0 Å². The number of rotatable bonds is 7. The molecule has 0 aliphatic heterocycles. The van der Waals surface area contributed by atoms with Crippen molar-refractivity contribution in [2.75, 3.05) is 19.4 Å². The fourth-order valence-corrected chi connectivity index (χ4v) is 4.48. The Labute approximate surface area is 195 Å². The van der Waals surface area contributed by atoms with E-state index < -0.39 is 5.97 Å². The lowest BCUT2D eigenvalue weighted by atomic mass is 9.92. The van der Waals surface area contributed by atoms with Gasteiger partial charge in [0.25, 0.3) is 0 Å². The van der Waals surface area contributed by atoms with Crippen molar-refractivity contribution in [3.8, 4) is 17.7 Å². The Morgan fingerprint density at radius 3 is 2.62 bits per heavy atom. The number of nitrogens with zero attached hydrogens (tertiary/aromatic N) is 2. The number of aromatic nitrogens is 1. The molecule has 7 heteroatoms. The number of carboxylic acid groups (broad SMARTS) is 1. The minimum absolute atomic E-state index is 0.125. The highest BCUT2D eigenvalue weighted by molar-refractivity contribution is 7.15. The van der Waals surface area contributed by atoms with E-state index in [1.165, 1.54) is 16.9 Å².